The van der Waals surface area contributed by atoms with E-state index in [0.29, 0.717) is 34.0 Å². The van der Waals surface area contributed by atoms with Crippen molar-refractivity contribution in [1.82, 2.24) is 24.9 Å². The highest BCUT2D eigenvalue weighted by Crippen LogP contribution is 2.36. The minimum Gasteiger partial charge on any atom is -0.475 e. The Balaban J connectivity index is 0.000000234. The van der Waals surface area contributed by atoms with Crippen LogP contribution >= 0.6 is 0 Å². The number of nitrogens with one attached hydrogen (secondary N) is 2. The molecule has 3 N–H and O–H groups in total. The first-order chi connectivity index (χ1) is 32.6. The number of aromatic nitrogens is 5. The van der Waals surface area contributed by atoms with Gasteiger partial charge in [-0.2, -0.15) is 13.2 Å². The van der Waals surface area contributed by atoms with E-state index >= 15 is 0 Å². The van der Waals surface area contributed by atoms with Crippen LogP contribution in [0.5, 0.6) is 17.6 Å². The number of alkyl halides is 3. The van der Waals surface area contributed by atoms with E-state index in [1.54, 1.807) is 48.5 Å². The molecule has 4 aromatic carbocycles. The van der Waals surface area contributed by atoms with Crippen LogP contribution in [0, 0.1) is 13.8 Å². The van der Waals surface area contributed by atoms with E-state index in [-0.39, 0.29) is 55.7 Å². The Bertz CT molecular complexity index is 3020. The summed E-state index contributed by atoms with van der Waals surface area (Å²) in [6.45, 7) is 3.57. The van der Waals surface area contributed by atoms with Gasteiger partial charge < -0.3 is 19.3 Å². The summed E-state index contributed by atoms with van der Waals surface area (Å²) in [5.74, 6) is 0.360. The first-order valence-corrected chi connectivity index (χ1v) is 23.6. The molecule has 0 spiro atoms. The summed E-state index contributed by atoms with van der Waals surface area (Å²) in [6, 6.07) is 34.7. The molecular weight excluding hydrogens is 924 g/mol. The van der Waals surface area contributed by atoms with Gasteiger partial charge in [0.25, 0.3) is 20.0 Å². The van der Waals surface area contributed by atoms with Crippen LogP contribution in [0.25, 0.3) is 34.4 Å². The lowest BCUT2D eigenvalue weighted by atomic mass is 10.1. The summed E-state index contributed by atoms with van der Waals surface area (Å²) in [7, 11) is -7.79. The fraction of sp³-hybridized carbons (Fsp3) is 0.146. The summed E-state index contributed by atoms with van der Waals surface area (Å²) >= 11 is 0. The number of nitrogens with zero attached hydrogens (tertiary/aromatic N) is 5. The van der Waals surface area contributed by atoms with Crippen molar-refractivity contribution >= 4 is 43.8 Å². The van der Waals surface area contributed by atoms with Gasteiger partial charge in [0, 0.05) is 12.3 Å². The normalized spacial score (nSPS) is 11.7. The Labute approximate surface area is 391 Å². The monoisotopic (exact) mass is 967 g/mol. The Kier molecular flexibility index (Phi) is 16.9. The van der Waals surface area contributed by atoms with Crippen molar-refractivity contribution in [3.63, 3.8) is 0 Å². The smallest absolute Gasteiger partial charge is 0.417 e. The second kappa shape index (κ2) is 23.2. The number of rotatable bonds is 18. The molecule has 352 valence electrons. The molecule has 3 aromatic heterocycles. The third-order valence-electron chi connectivity index (χ3n) is 9.23. The largest absolute Gasteiger partial charge is 0.475 e. The summed E-state index contributed by atoms with van der Waals surface area (Å²) in [6.07, 6.45) is 1.51. The van der Waals surface area contributed by atoms with Crippen LogP contribution in [0.15, 0.2) is 151 Å². The molecule has 0 unspecified atom stereocenters. The minimum absolute atomic E-state index is 0.00638. The minimum atomic E-state index is -4.50. The van der Waals surface area contributed by atoms with Crippen LogP contribution in [0.4, 0.5) is 24.8 Å². The molecule has 0 aliphatic carbocycles. The third-order valence-corrected chi connectivity index (χ3v) is 11.2. The highest BCUT2D eigenvalue weighted by Gasteiger charge is 2.30. The van der Waals surface area contributed by atoms with Gasteiger partial charge in [0.2, 0.25) is 17.6 Å². The molecule has 68 heavy (non-hydrogen) atoms. The van der Waals surface area contributed by atoms with Gasteiger partial charge in [-0.15, -0.1) is 0 Å². The van der Waals surface area contributed by atoms with Gasteiger partial charge >= 0.3 is 6.18 Å². The number of pyridine rings is 1. The fourth-order valence-corrected chi connectivity index (χ4v) is 7.59. The standard InChI is InChI=1S/C27H23F3N4O4S.C21H21N3O4S/c1-19-7-9-21(10-8-19)24-25(34-39(35,36)16-13-20-5-3-2-4-6-20)32-18-33-26(24)38-15-14-37-23-12-11-22(17-31-23)27(28,29)30;1-16-7-9-18(10-8-16)19-20(22-15-23-21(19)28-13-12-25)24-29(26,27)14-11-17-5-3-2-4-6-17/h2-13,16-18H,14-15H2,1H3,(H,32,33,34);2-11,14-15,25H,12-13H2,1H3,(H,22,23,24)/b16-13+;14-11+. The zero-order valence-electron chi connectivity index (χ0n) is 36.4. The summed E-state index contributed by atoms with van der Waals surface area (Å²) in [5, 5.41) is 11.2. The number of ether oxygens (including phenoxy) is 3. The van der Waals surface area contributed by atoms with Crippen LogP contribution in [0.3, 0.4) is 0 Å². The Morgan fingerprint density at radius 1 is 0.559 bits per heavy atom. The van der Waals surface area contributed by atoms with Crippen LogP contribution in [-0.4, -0.2) is 73.3 Å². The number of sulfonamides is 2. The number of hydrogen-bond donors (Lipinski definition) is 3. The van der Waals surface area contributed by atoms with Crippen molar-refractivity contribution in [2.24, 2.45) is 0 Å². The van der Waals surface area contributed by atoms with E-state index in [0.717, 1.165) is 46.0 Å². The quantitative estimate of drug-likeness (QED) is 0.0688. The number of aliphatic hydroxyl groups excluding tert-OH is 1. The van der Waals surface area contributed by atoms with E-state index in [1.165, 1.54) is 18.5 Å². The topological polar surface area (TPSA) is 205 Å². The molecule has 0 saturated heterocycles. The maximum absolute atomic E-state index is 12.8. The van der Waals surface area contributed by atoms with Crippen molar-refractivity contribution in [3.05, 3.63) is 179 Å². The SMILES string of the molecule is Cc1ccc(-c2c(NS(=O)(=O)/C=C/c3ccccc3)ncnc2OCCO)cc1.Cc1ccc(-c2c(NS(=O)(=O)/C=C/c3ccccc3)ncnc2OCCOc2ccc(C(F)(F)F)cn2)cc1. The average Bonchev–Trinajstić information content (AvgIpc) is 3.32. The van der Waals surface area contributed by atoms with Crippen molar-refractivity contribution in [1.29, 1.82) is 0 Å². The molecule has 0 radical (unpaired) electrons. The molecule has 0 atom stereocenters. The lowest BCUT2D eigenvalue weighted by Gasteiger charge is -2.15. The molecular formula is C48H44F3N7O8S2. The molecule has 0 amide bonds. The number of aryl methyl sites for hydroxylation is 2. The van der Waals surface area contributed by atoms with Crippen molar-refractivity contribution in [2.75, 3.05) is 35.9 Å². The summed E-state index contributed by atoms with van der Waals surface area (Å²) in [5.41, 5.74) is 4.62. The van der Waals surface area contributed by atoms with Gasteiger partial charge in [0.1, 0.15) is 32.5 Å². The molecule has 0 bridgehead atoms. The molecule has 0 saturated carbocycles. The second-order valence-electron chi connectivity index (χ2n) is 14.4. The second-order valence-corrected chi connectivity index (χ2v) is 17.5. The van der Waals surface area contributed by atoms with Gasteiger partial charge in [-0.1, -0.05) is 120 Å². The van der Waals surface area contributed by atoms with Crippen LogP contribution < -0.4 is 23.7 Å². The zero-order valence-corrected chi connectivity index (χ0v) is 38.0. The van der Waals surface area contributed by atoms with Gasteiger partial charge in [-0.25, -0.2) is 41.8 Å². The number of aliphatic hydroxyl groups is 1. The number of anilines is 2. The number of benzene rings is 4. The van der Waals surface area contributed by atoms with Gasteiger partial charge in [-0.05, 0) is 54.3 Å². The zero-order chi connectivity index (χ0) is 48.6. The maximum atomic E-state index is 12.8. The van der Waals surface area contributed by atoms with Crippen LogP contribution in [-0.2, 0) is 26.2 Å². The van der Waals surface area contributed by atoms with E-state index in [2.05, 4.69) is 34.4 Å². The molecule has 0 aliphatic rings. The van der Waals surface area contributed by atoms with Crippen molar-refractivity contribution in [2.45, 2.75) is 20.0 Å². The molecule has 15 nitrogen and oxygen atoms in total. The van der Waals surface area contributed by atoms with Crippen LogP contribution in [0.2, 0.25) is 0 Å². The van der Waals surface area contributed by atoms with Crippen LogP contribution in [0.1, 0.15) is 27.8 Å². The molecule has 7 aromatic rings. The summed E-state index contributed by atoms with van der Waals surface area (Å²) in [4.78, 5) is 20.2. The van der Waals surface area contributed by atoms with E-state index in [4.69, 9.17) is 19.3 Å². The molecule has 7 rings (SSSR count). The number of hydrogen-bond acceptors (Lipinski definition) is 13. The molecule has 0 aliphatic heterocycles. The fourth-order valence-electron chi connectivity index (χ4n) is 5.94. The molecule has 0 fully saturated rings. The van der Waals surface area contributed by atoms with Gasteiger partial charge in [0.05, 0.1) is 34.1 Å². The average molecular weight is 968 g/mol. The van der Waals surface area contributed by atoms with E-state index in [9.17, 15) is 30.0 Å². The predicted molar refractivity (Wildman–Crippen MR) is 253 cm³/mol. The maximum Gasteiger partial charge on any atom is 0.417 e. The molecule has 20 heteroatoms. The Hall–Kier alpha value is -7.68. The molecule has 3 heterocycles. The van der Waals surface area contributed by atoms with Crippen molar-refractivity contribution in [3.8, 4) is 39.9 Å². The van der Waals surface area contributed by atoms with Crippen molar-refractivity contribution < 1.29 is 49.3 Å². The predicted octanol–water partition coefficient (Wildman–Crippen LogP) is 8.97. The third kappa shape index (κ3) is 14.9. The Morgan fingerprint density at radius 2 is 1.00 bits per heavy atom. The highest BCUT2D eigenvalue weighted by molar-refractivity contribution is 7.96. The highest BCUT2D eigenvalue weighted by atomic mass is 32.2. The van der Waals surface area contributed by atoms with E-state index in [1.807, 2.05) is 74.5 Å². The first kappa shape index (κ1) is 49.7. The Morgan fingerprint density at radius 3 is 1.41 bits per heavy atom. The van der Waals surface area contributed by atoms with E-state index < -0.39 is 31.8 Å². The lowest BCUT2D eigenvalue weighted by Crippen LogP contribution is -2.14. The van der Waals surface area contributed by atoms with Gasteiger partial charge in [-0.3, -0.25) is 9.44 Å². The number of halogens is 3. The van der Waals surface area contributed by atoms with Gasteiger partial charge in [0.15, 0.2) is 11.6 Å². The summed E-state index contributed by atoms with van der Waals surface area (Å²) < 4.78 is 111. The lowest BCUT2D eigenvalue weighted by molar-refractivity contribution is -0.137. The first-order valence-electron chi connectivity index (χ1n) is 20.5.